The molecule has 0 amide bonds. The predicted molar refractivity (Wildman–Crippen MR) is 69.5 cm³/mol. The summed E-state index contributed by atoms with van der Waals surface area (Å²) in [5.74, 6) is 0. The topological polar surface area (TPSA) is 18.5 Å². The predicted octanol–water partition coefficient (Wildman–Crippen LogP) is -5.76. The summed E-state index contributed by atoms with van der Waals surface area (Å²) in [4.78, 5) is 0. The van der Waals surface area contributed by atoms with E-state index < -0.39 is 0 Å². The van der Waals surface area contributed by atoms with Crippen molar-refractivity contribution < 1.29 is 72.5 Å². The Bertz CT molecular complexity index is 244. The van der Waals surface area contributed by atoms with Gasteiger partial charge in [-0.05, 0) is 0 Å². The molecule has 0 atom stereocenters. The van der Waals surface area contributed by atoms with Gasteiger partial charge in [-0.1, -0.05) is 34.6 Å². The van der Waals surface area contributed by atoms with Gasteiger partial charge in [0.05, 0.1) is 13.2 Å². The minimum Gasteiger partial charge on any atom is -1.00 e. The molecule has 0 saturated carbocycles. The zero-order valence-corrected chi connectivity index (χ0v) is 19.2. The minimum atomic E-state index is 0. The summed E-state index contributed by atoms with van der Waals surface area (Å²) < 4.78 is 9.31. The van der Waals surface area contributed by atoms with E-state index in [1.54, 1.807) is 14.2 Å². The molecular weight excluding hydrogens is 485 g/mol. The Morgan fingerprint density at radius 1 is 0.750 bits per heavy atom. The average Bonchev–Trinajstić information content (AvgIpc) is 2.46. The van der Waals surface area contributed by atoms with Gasteiger partial charge >= 0.3 is 25.8 Å². The van der Waals surface area contributed by atoms with Gasteiger partial charge in [0.15, 0.2) is 0 Å². The van der Waals surface area contributed by atoms with Crippen LogP contribution in [0.2, 0.25) is 0 Å². The largest absolute Gasteiger partial charge is 4.00 e. The molecule has 6 heteroatoms. The van der Waals surface area contributed by atoms with E-state index in [9.17, 15) is 0 Å². The van der Waals surface area contributed by atoms with Crippen LogP contribution in [0.5, 0.6) is 0 Å². The van der Waals surface area contributed by atoms with Crippen molar-refractivity contribution in [2.24, 2.45) is 0 Å². The Morgan fingerprint density at radius 3 is 1.10 bits per heavy atom. The zero-order valence-electron chi connectivity index (χ0n) is 13.4. The molecule has 20 heavy (non-hydrogen) atoms. The molecule has 0 saturated heterocycles. The molecular formula is C14H25Cl3HfO2. The van der Waals surface area contributed by atoms with E-state index in [2.05, 4.69) is 44.1 Å². The number of ether oxygens (including phenoxy) is 2. The first kappa shape index (κ1) is 32.8. The fourth-order valence-electron chi connectivity index (χ4n) is 1.57. The summed E-state index contributed by atoms with van der Waals surface area (Å²) in [5, 5.41) is 0. The van der Waals surface area contributed by atoms with Crippen LogP contribution < -0.4 is 37.2 Å². The van der Waals surface area contributed by atoms with Gasteiger partial charge in [0.2, 0.25) is 0 Å². The Balaban J connectivity index is -0.0000000679. The third kappa shape index (κ3) is 10.7. The van der Waals surface area contributed by atoms with Crippen molar-refractivity contribution in [1.82, 2.24) is 0 Å². The molecule has 0 spiro atoms. The van der Waals surface area contributed by atoms with Crippen LogP contribution in [-0.2, 0) is 35.3 Å². The molecule has 0 heterocycles. The van der Waals surface area contributed by atoms with Crippen LogP contribution in [0.3, 0.4) is 0 Å². The Labute approximate surface area is 161 Å². The molecule has 118 valence electrons. The molecule has 0 aliphatic rings. The molecule has 0 aromatic heterocycles. The Kier molecular flexibility index (Phi) is 29.6. The van der Waals surface area contributed by atoms with E-state index in [1.807, 2.05) is 0 Å². The normalized spacial score (nSPS) is 7.95. The van der Waals surface area contributed by atoms with Crippen molar-refractivity contribution in [3.63, 3.8) is 0 Å². The van der Waals surface area contributed by atoms with Gasteiger partial charge in [-0.25, -0.2) is 0 Å². The fourth-order valence-corrected chi connectivity index (χ4v) is 1.57. The van der Waals surface area contributed by atoms with Gasteiger partial charge in [0, 0.05) is 14.2 Å². The molecule has 0 N–H and O–H groups in total. The van der Waals surface area contributed by atoms with Crippen molar-refractivity contribution in [2.75, 3.05) is 27.4 Å². The first-order valence-corrected chi connectivity index (χ1v) is 5.64. The second-order valence-corrected chi connectivity index (χ2v) is 4.11. The molecule has 0 unspecified atom stereocenters. The molecule has 0 aliphatic heterocycles. The zero-order chi connectivity index (χ0) is 12.7. The second kappa shape index (κ2) is 18.1. The summed E-state index contributed by atoms with van der Waals surface area (Å²) in [6, 6.07) is 0. The third-order valence-electron chi connectivity index (χ3n) is 3.30. The van der Waals surface area contributed by atoms with Gasteiger partial charge in [-0.2, -0.15) is 27.8 Å². The summed E-state index contributed by atoms with van der Waals surface area (Å²) in [7, 11) is 3.30. The Morgan fingerprint density at radius 2 is 1.00 bits per heavy atom. The fraction of sp³-hybridized carbons (Fsp3) is 0.643. The maximum atomic E-state index is 4.66. The Hall–Kier alpha value is 1.01. The number of methoxy groups -OCH3 is 2. The molecule has 1 aromatic carbocycles. The van der Waals surface area contributed by atoms with Crippen molar-refractivity contribution in [3.05, 3.63) is 27.8 Å². The van der Waals surface area contributed by atoms with Crippen LogP contribution in [0.25, 0.3) is 0 Å². The van der Waals surface area contributed by atoms with E-state index in [-0.39, 0.29) is 63.1 Å². The quantitative estimate of drug-likeness (QED) is 0.230. The van der Waals surface area contributed by atoms with Crippen LogP contribution >= 0.6 is 0 Å². The SMILES string of the molecule is COCCOC.Cc1c(C)c(C)[c-](C)c1C.[Cl-].[Cl-].[Cl-].[Hf+4]. The van der Waals surface area contributed by atoms with Crippen molar-refractivity contribution in [3.8, 4) is 0 Å². The first-order chi connectivity index (χ1) is 7.47. The maximum absolute atomic E-state index is 4.66. The van der Waals surface area contributed by atoms with Crippen LogP contribution in [0.15, 0.2) is 0 Å². The van der Waals surface area contributed by atoms with Gasteiger partial charge < -0.3 is 46.7 Å². The molecule has 0 fully saturated rings. The molecule has 2 nitrogen and oxygen atoms in total. The molecule has 1 aromatic rings. The summed E-state index contributed by atoms with van der Waals surface area (Å²) in [6.45, 7) is 12.4. The summed E-state index contributed by atoms with van der Waals surface area (Å²) >= 11 is 0. The van der Waals surface area contributed by atoms with E-state index in [4.69, 9.17) is 0 Å². The molecule has 0 radical (unpaired) electrons. The van der Waals surface area contributed by atoms with Gasteiger partial charge in [0.25, 0.3) is 0 Å². The van der Waals surface area contributed by atoms with E-state index in [1.165, 1.54) is 27.8 Å². The van der Waals surface area contributed by atoms with Crippen molar-refractivity contribution in [1.29, 1.82) is 0 Å². The molecule has 0 aliphatic carbocycles. The summed E-state index contributed by atoms with van der Waals surface area (Å²) in [5.41, 5.74) is 7.34. The average molecular weight is 510 g/mol. The van der Waals surface area contributed by atoms with E-state index in [0.717, 1.165) is 0 Å². The van der Waals surface area contributed by atoms with Crippen LogP contribution in [0.4, 0.5) is 0 Å². The third-order valence-corrected chi connectivity index (χ3v) is 3.30. The monoisotopic (exact) mass is 510 g/mol. The van der Waals surface area contributed by atoms with Crippen LogP contribution in [0, 0.1) is 34.6 Å². The van der Waals surface area contributed by atoms with Crippen molar-refractivity contribution in [2.45, 2.75) is 34.6 Å². The van der Waals surface area contributed by atoms with E-state index >= 15 is 0 Å². The van der Waals surface area contributed by atoms with Gasteiger partial charge in [0.1, 0.15) is 0 Å². The molecule has 0 bridgehead atoms. The number of halogens is 3. The number of hydrogen-bond donors (Lipinski definition) is 0. The van der Waals surface area contributed by atoms with E-state index in [0.29, 0.717) is 13.2 Å². The van der Waals surface area contributed by atoms with Gasteiger partial charge in [-0.3, -0.25) is 0 Å². The number of hydrogen-bond acceptors (Lipinski definition) is 2. The maximum Gasteiger partial charge on any atom is 4.00 e. The second-order valence-electron chi connectivity index (χ2n) is 4.11. The van der Waals surface area contributed by atoms with Gasteiger partial charge in [-0.15, -0.1) is 0 Å². The number of rotatable bonds is 3. The smallest absolute Gasteiger partial charge is 1.00 e. The molecule has 1 rings (SSSR count). The standard InChI is InChI=1S/C10H15.C4H10O2.3ClH.Hf/c1-6-7(2)9(4)10(5)8(6)3;1-5-3-4-6-2;;;;/h1-5H3;3-4H2,1-2H3;3*1H;/q-1;;;;;+4/p-3. The minimum absolute atomic E-state index is 0. The van der Waals surface area contributed by atoms with Crippen LogP contribution in [-0.4, -0.2) is 27.4 Å². The van der Waals surface area contributed by atoms with Crippen LogP contribution in [0.1, 0.15) is 27.8 Å². The first-order valence-electron chi connectivity index (χ1n) is 5.64. The van der Waals surface area contributed by atoms with Crippen molar-refractivity contribution >= 4 is 0 Å². The summed E-state index contributed by atoms with van der Waals surface area (Å²) in [6.07, 6.45) is 0.